The summed E-state index contributed by atoms with van der Waals surface area (Å²) in [6, 6.07) is 5.43. The van der Waals surface area contributed by atoms with Crippen LogP contribution in [0.3, 0.4) is 0 Å². The zero-order valence-electron chi connectivity index (χ0n) is 11.8. The number of amides is 1. The molecule has 1 aliphatic rings. The van der Waals surface area contributed by atoms with Crippen LogP contribution in [-0.4, -0.2) is 48.2 Å². The van der Waals surface area contributed by atoms with E-state index in [-0.39, 0.29) is 22.8 Å². The highest BCUT2D eigenvalue weighted by Crippen LogP contribution is 2.30. The number of non-ortho nitro benzene ring substituents is 1. The maximum absolute atomic E-state index is 12.4. The largest absolute Gasteiger partial charge is 0.335 e. The van der Waals surface area contributed by atoms with Crippen LogP contribution in [0.2, 0.25) is 0 Å². The molecule has 21 heavy (non-hydrogen) atoms. The lowest BCUT2D eigenvalue weighted by Crippen LogP contribution is -2.48. The number of nitro benzene ring substituents is 1. The highest BCUT2D eigenvalue weighted by molar-refractivity contribution is 7.91. The van der Waals surface area contributed by atoms with Crippen molar-refractivity contribution in [2.45, 2.75) is 18.9 Å². The first-order valence-electron chi connectivity index (χ1n) is 6.38. The van der Waals surface area contributed by atoms with Crippen molar-refractivity contribution in [3.63, 3.8) is 0 Å². The van der Waals surface area contributed by atoms with Crippen LogP contribution in [0.5, 0.6) is 0 Å². The Hall–Kier alpha value is -1.96. The van der Waals surface area contributed by atoms with Gasteiger partial charge in [0.15, 0.2) is 9.84 Å². The Balaban J connectivity index is 2.28. The minimum Gasteiger partial charge on any atom is -0.335 e. The van der Waals surface area contributed by atoms with Crippen LogP contribution >= 0.6 is 0 Å². The molecule has 0 aromatic heterocycles. The lowest BCUT2D eigenvalue weighted by atomic mass is 9.99. The molecule has 1 aromatic rings. The molecule has 114 valence electrons. The predicted octanol–water partition coefficient (Wildman–Crippen LogP) is 1.24. The second kappa shape index (κ2) is 5.10. The van der Waals surface area contributed by atoms with Gasteiger partial charge in [-0.05, 0) is 19.4 Å². The molecular formula is C13H16N2O5S. The van der Waals surface area contributed by atoms with E-state index in [1.165, 1.54) is 36.2 Å². The molecule has 1 heterocycles. The van der Waals surface area contributed by atoms with Crippen molar-refractivity contribution in [2.24, 2.45) is 0 Å². The smallest absolute Gasteiger partial charge is 0.270 e. The summed E-state index contributed by atoms with van der Waals surface area (Å²) < 4.78 is 23.3. The summed E-state index contributed by atoms with van der Waals surface area (Å²) in [5, 5.41) is 10.8. The van der Waals surface area contributed by atoms with E-state index in [0.29, 0.717) is 6.42 Å². The summed E-state index contributed by atoms with van der Waals surface area (Å²) in [5.74, 6) is -0.453. The Kier molecular flexibility index (Phi) is 3.75. The molecule has 0 aliphatic carbocycles. The van der Waals surface area contributed by atoms with Gasteiger partial charge in [-0.1, -0.05) is 6.07 Å². The number of nitro groups is 1. The summed E-state index contributed by atoms with van der Waals surface area (Å²) in [4.78, 5) is 24.0. The van der Waals surface area contributed by atoms with E-state index >= 15 is 0 Å². The molecule has 0 unspecified atom stereocenters. The molecule has 1 saturated heterocycles. The van der Waals surface area contributed by atoms with Crippen LogP contribution in [0.15, 0.2) is 24.3 Å². The van der Waals surface area contributed by atoms with Gasteiger partial charge < -0.3 is 4.90 Å². The second-order valence-corrected chi connectivity index (χ2v) is 7.69. The highest BCUT2D eigenvalue weighted by atomic mass is 32.2. The molecule has 1 aliphatic heterocycles. The summed E-state index contributed by atoms with van der Waals surface area (Å²) in [6.45, 7) is 1.72. The van der Waals surface area contributed by atoms with Gasteiger partial charge in [-0.2, -0.15) is 0 Å². The Labute approximate surface area is 122 Å². The zero-order valence-corrected chi connectivity index (χ0v) is 12.6. The maximum atomic E-state index is 12.4. The summed E-state index contributed by atoms with van der Waals surface area (Å²) in [6.07, 6.45) is 0.368. The molecule has 0 radical (unpaired) electrons. The van der Waals surface area contributed by atoms with E-state index in [1.807, 2.05) is 0 Å². The minimum absolute atomic E-state index is 0.0516. The van der Waals surface area contributed by atoms with E-state index < -0.39 is 26.2 Å². The average Bonchev–Trinajstić information content (AvgIpc) is 2.72. The van der Waals surface area contributed by atoms with E-state index in [1.54, 1.807) is 6.92 Å². The molecule has 1 amide bonds. The topological polar surface area (TPSA) is 97.6 Å². The molecule has 1 aromatic carbocycles. The van der Waals surface area contributed by atoms with Crippen LogP contribution < -0.4 is 0 Å². The van der Waals surface area contributed by atoms with Crippen molar-refractivity contribution in [2.75, 3.05) is 18.6 Å². The Morgan fingerprint density at radius 3 is 2.62 bits per heavy atom. The minimum atomic E-state index is -3.14. The van der Waals surface area contributed by atoms with Crippen molar-refractivity contribution in [1.82, 2.24) is 4.90 Å². The number of carbonyl (C=O) groups is 1. The van der Waals surface area contributed by atoms with Crippen molar-refractivity contribution >= 4 is 21.4 Å². The van der Waals surface area contributed by atoms with Crippen molar-refractivity contribution in [1.29, 1.82) is 0 Å². The fourth-order valence-electron chi connectivity index (χ4n) is 2.45. The summed E-state index contributed by atoms with van der Waals surface area (Å²) in [5.41, 5.74) is -0.767. The molecule has 0 spiro atoms. The second-order valence-electron chi connectivity index (χ2n) is 5.51. The van der Waals surface area contributed by atoms with E-state index in [0.717, 1.165) is 0 Å². The molecular weight excluding hydrogens is 296 g/mol. The SMILES string of the molecule is CN(C(=O)c1cccc([N+](=O)[O-])c1)[C@]1(C)CCS(=O)(=O)C1. The molecule has 1 atom stereocenters. The van der Waals surface area contributed by atoms with Crippen molar-refractivity contribution < 1.29 is 18.1 Å². The summed E-state index contributed by atoms with van der Waals surface area (Å²) >= 11 is 0. The third-order valence-electron chi connectivity index (χ3n) is 3.90. The van der Waals surface area contributed by atoms with E-state index in [4.69, 9.17) is 0 Å². The lowest BCUT2D eigenvalue weighted by Gasteiger charge is -2.34. The number of hydrogen-bond donors (Lipinski definition) is 0. The van der Waals surface area contributed by atoms with Gasteiger partial charge in [-0.3, -0.25) is 14.9 Å². The van der Waals surface area contributed by atoms with Gasteiger partial charge in [0.25, 0.3) is 11.6 Å². The number of rotatable bonds is 3. The number of nitrogens with zero attached hydrogens (tertiary/aromatic N) is 2. The number of carbonyl (C=O) groups excluding carboxylic acids is 1. The Morgan fingerprint density at radius 1 is 1.43 bits per heavy atom. The molecule has 0 N–H and O–H groups in total. The normalized spacial score (nSPS) is 23.7. The van der Waals surface area contributed by atoms with Gasteiger partial charge in [0.1, 0.15) is 0 Å². The third kappa shape index (κ3) is 3.05. The van der Waals surface area contributed by atoms with Crippen molar-refractivity contribution in [3.05, 3.63) is 39.9 Å². The van der Waals surface area contributed by atoms with Crippen LogP contribution in [0.1, 0.15) is 23.7 Å². The van der Waals surface area contributed by atoms with Crippen LogP contribution in [0.4, 0.5) is 5.69 Å². The van der Waals surface area contributed by atoms with Gasteiger partial charge >= 0.3 is 0 Å². The number of sulfone groups is 1. The van der Waals surface area contributed by atoms with Gasteiger partial charge in [0, 0.05) is 24.7 Å². The predicted molar refractivity (Wildman–Crippen MR) is 76.9 cm³/mol. The monoisotopic (exact) mass is 312 g/mol. The molecule has 7 nitrogen and oxygen atoms in total. The zero-order chi connectivity index (χ0) is 15.8. The van der Waals surface area contributed by atoms with Gasteiger partial charge in [0.2, 0.25) is 0 Å². The van der Waals surface area contributed by atoms with Crippen LogP contribution in [0.25, 0.3) is 0 Å². The molecule has 2 rings (SSSR count). The molecule has 8 heteroatoms. The maximum Gasteiger partial charge on any atom is 0.270 e. The standard InChI is InChI=1S/C13H16N2O5S/c1-13(6-7-21(19,20)9-13)14(2)12(16)10-4-3-5-11(8-10)15(17)18/h3-5,8H,6-7,9H2,1-2H3/t13-/m1/s1. The highest BCUT2D eigenvalue weighted by Gasteiger charge is 2.43. The quantitative estimate of drug-likeness (QED) is 0.618. The van der Waals surface area contributed by atoms with Crippen molar-refractivity contribution in [3.8, 4) is 0 Å². The van der Waals surface area contributed by atoms with Gasteiger partial charge in [0.05, 0.1) is 22.0 Å². The average molecular weight is 312 g/mol. The Morgan fingerprint density at radius 2 is 2.10 bits per heavy atom. The van der Waals surface area contributed by atoms with E-state index in [9.17, 15) is 23.3 Å². The first kappa shape index (κ1) is 15.4. The first-order valence-corrected chi connectivity index (χ1v) is 8.20. The molecule has 0 bridgehead atoms. The van der Waals surface area contributed by atoms with E-state index in [2.05, 4.69) is 0 Å². The number of hydrogen-bond acceptors (Lipinski definition) is 5. The first-order chi connectivity index (χ1) is 9.65. The van der Waals surface area contributed by atoms with Crippen LogP contribution in [-0.2, 0) is 9.84 Å². The van der Waals surface area contributed by atoms with Gasteiger partial charge in [-0.15, -0.1) is 0 Å². The fraction of sp³-hybridized carbons (Fsp3) is 0.462. The lowest BCUT2D eigenvalue weighted by molar-refractivity contribution is -0.384. The summed E-state index contributed by atoms with van der Waals surface area (Å²) in [7, 11) is -1.61. The third-order valence-corrected chi connectivity index (χ3v) is 5.79. The fourth-order valence-corrected chi connectivity index (χ4v) is 4.63. The molecule has 1 fully saturated rings. The van der Waals surface area contributed by atoms with Gasteiger partial charge in [-0.25, -0.2) is 8.42 Å². The molecule has 0 saturated carbocycles. The van der Waals surface area contributed by atoms with Crippen LogP contribution in [0, 0.1) is 10.1 Å². The number of benzene rings is 1. The Bertz CT molecular complexity index is 700.